The molecule has 0 spiro atoms. The summed E-state index contributed by atoms with van der Waals surface area (Å²) in [6.45, 7) is 4.57. The number of nitrogens with one attached hydrogen (secondary N) is 2. The van der Waals surface area contributed by atoms with Crippen molar-refractivity contribution in [3.05, 3.63) is 34.4 Å². The number of likely N-dealkylation sites (N-methyl/N-ethyl adjacent to an activating group) is 1. The number of hydrogen-bond donors (Lipinski definition) is 2. The molecule has 0 aromatic heterocycles. The van der Waals surface area contributed by atoms with E-state index >= 15 is 0 Å². The first kappa shape index (κ1) is 15.9. The van der Waals surface area contributed by atoms with Gasteiger partial charge in [-0.2, -0.15) is 0 Å². The third kappa shape index (κ3) is 3.78. The van der Waals surface area contributed by atoms with E-state index in [-0.39, 0.29) is 10.6 Å². The van der Waals surface area contributed by atoms with Gasteiger partial charge < -0.3 is 4.90 Å². The lowest BCUT2D eigenvalue weighted by Gasteiger charge is -2.20. The molecule has 2 rings (SSSR count). The number of benzene rings is 1. The molecule has 1 aromatic carbocycles. The second-order valence-electron chi connectivity index (χ2n) is 5.20. The van der Waals surface area contributed by atoms with Gasteiger partial charge in [0.2, 0.25) is 10.0 Å². The summed E-state index contributed by atoms with van der Waals surface area (Å²) in [7, 11) is -3.61. The van der Waals surface area contributed by atoms with E-state index in [1.165, 1.54) is 29.2 Å². The maximum atomic E-state index is 12.2. The maximum absolute atomic E-state index is 12.2. The second kappa shape index (κ2) is 6.50. The van der Waals surface area contributed by atoms with Gasteiger partial charge in [-0.25, -0.2) is 13.1 Å². The lowest BCUT2D eigenvalue weighted by atomic mass is 10.2. The van der Waals surface area contributed by atoms with Crippen molar-refractivity contribution in [1.29, 1.82) is 0 Å². The highest BCUT2D eigenvalue weighted by Gasteiger charge is 2.28. The fourth-order valence-corrected chi connectivity index (χ4v) is 3.82. The van der Waals surface area contributed by atoms with Gasteiger partial charge in [0, 0.05) is 25.0 Å². The van der Waals surface area contributed by atoms with Crippen LogP contribution in [0.25, 0.3) is 0 Å². The molecular weight excluding hydrogens is 294 g/mol. The number of nitrogens with zero attached hydrogens (tertiary/aromatic N) is 1. The molecule has 1 aliphatic rings. The van der Waals surface area contributed by atoms with Gasteiger partial charge in [0.15, 0.2) is 0 Å². The molecule has 7 nitrogen and oxygen atoms in total. The van der Waals surface area contributed by atoms with Crippen LogP contribution in [0, 0.1) is 10.1 Å². The second-order valence-corrected chi connectivity index (χ2v) is 6.97. The molecule has 0 saturated carbocycles. The zero-order valence-corrected chi connectivity index (χ0v) is 12.7. The van der Waals surface area contributed by atoms with Gasteiger partial charge in [0.25, 0.3) is 5.69 Å². The van der Waals surface area contributed by atoms with Crippen LogP contribution in [0.15, 0.2) is 29.2 Å². The average Bonchev–Trinajstić information content (AvgIpc) is 2.93. The predicted octanol–water partition coefficient (Wildman–Crippen LogP) is -0.0597. The number of sulfonamides is 1. The van der Waals surface area contributed by atoms with Gasteiger partial charge in [-0.3, -0.25) is 10.1 Å². The number of nitro groups is 1. The highest BCUT2D eigenvalue weighted by Crippen LogP contribution is 2.15. The van der Waals surface area contributed by atoms with Crippen LogP contribution < -0.4 is 9.62 Å². The topological polar surface area (TPSA) is 93.8 Å². The number of non-ortho nitro benzene ring substituents is 1. The fourth-order valence-electron chi connectivity index (χ4n) is 2.74. The molecule has 1 saturated heterocycles. The molecule has 0 bridgehead atoms. The van der Waals surface area contributed by atoms with Gasteiger partial charge in [0.1, 0.15) is 6.04 Å². The summed E-state index contributed by atoms with van der Waals surface area (Å²) in [6, 6.07) is 5.24. The van der Waals surface area contributed by atoms with Gasteiger partial charge >= 0.3 is 0 Å². The van der Waals surface area contributed by atoms with E-state index in [1.807, 2.05) is 0 Å². The number of quaternary nitrogens is 1. The van der Waals surface area contributed by atoms with Gasteiger partial charge in [-0.05, 0) is 19.1 Å². The van der Waals surface area contributed by atoms with E-state index in [0.717, 1.165) is 25.9 Å². The van der Waals surface area contributed by atoms with Crippen molar-refractivity contribution >= 4 is 15.7 Å². The summed E-state index contributed by atoms with van der Waals surface area (Å²) in [6.07, 6.45) is 2.14. The first-order valence-corrected chi connectivity index (χ1v) is 8.51. The van der Waals surface area contributed by atoms with Gasteiger partial charge in [-0.1, -0.05) is 0 Å². The van der Waals surface area contributed by atoms with Crippen molar-refractivity contribution in [3.8, 4) is 0 Å². The van der Waals surface area contributed by atoms with Gasteiger partial charge in [-0.15, -0.1) is 0 Å². The number of nitro benzene ring substituents is 1. The Bertz CT molecular complexity index is 600. The monoisotopic (exact) mass is 314 g/mol. The summed E-state index contributed by atoms with van der Waals surface area (Å²) in [5.74, 6) is 0. The molecule has 1 fully saturated rings. The van der Waals surface area contributed by atoms with Crippen LogP contribution in [0.4, 0.5) is 5.69 Å². The average molecular weight is 314 g/mol. The molecule has 0 aliphatic carbocycles. The Morgan fingerprint density at radius 3 is 2.62 bits per heavy atom. The van der Waals surface area contributed by atoms with Crippen molar-refractivity contribution < 1.29 is 18.2 Å². The van der Waals surface area contributed by atoms with Crippen molar-refractivity contribution in [2.75, 3.05) is 19.6 Å². The molecule has 2 atom stereocenters. The molecule has 0 radical (unpaired) electrons. The minimum absolute atomic E-state index is 0.0594. The minimum Gasteiger partial charge on any atom is -0.332 e. The predicted molar refractivity (Wildman–Crippen MR) is 77.7 cm³/mol. The zero-order chi connectivity index (χ0) is 15.5. The maximum Gasteiger partial charge on any atom is 0.269 e. The molecule has 8 heteroatoms. The molecular formula is C13H20N3O4S+. The van der Waals surface area contributed by atoms with Crippen LogP contribution in [-0.2, 0) is 10.0 Å². The Kier molecular flexibility index (Phi) is 4.92. The van der Waals surface area contributed by atoms with Crippen LogP contribution in [0.5, 0.6) is 0 Å². The third-order valence-electron chi connectivity index (χ3n) is 3.96. The van der Waals surface area contributed by atoms with Crippen molar-refractivity contribution in [2.24, 2.45) is 0 Å². The summed E-state index contributed by atoms with van der Waals surface area (Å²) in [4.78, 5) is 11.5. The van der Waals surface area contributed by atoms with E-state index in [4.69, 9.17) is 0 Å². The normalized spacial score (nSPS) is 22.3. The first-order chi connectivity index (χ1) is 9.94. The molecule has 1 aliphatic heterocycles. The largest absolute Gasteiger partial charge is 0.332 e. The van der Waals surface area contributed by atoms with E-state index < -0.39 is 14.9 Å². The quantitative estimate of drug-likeness (QED) is 0.568. The van der Waals surface area contributed by atoms with Crippen molar-refractivity contribution in [2.45, 2.75) is 30.7 Å². The summed E-state index contributed by atoms with van der Waals surface area (Å²) in [5, 5.41) is 10.6. The van der Waals surface area contributed by atoms with Crippen LogP contribution >= 0.6 is 0 Å². The van der Waals surface area contributed by atoms with Crippen LogP contribution in [0.3, 0.4) is 0 Å². The van der Waals surface area contributed by atoms with E-state index in [0.29, 0.717) is 12.6 Å². The smallest absolute Gasteiger partial charge is 0.269 e. The van der Waals surface area contributed by atoms with E-state index in [1.54, 1.807) is 0 Å². The zero-order valence-electron chi connectivity index (χ0n) is 11.9. The molecule has 1 heterocycles. The van der Waals surface area contributed by atoms with Crippen LogP contribution in [0.1, 0.15) is 19.8 Å². The Morgan fingerprint density at radius 2 is 2.05 bits per heavy atom. The Hall–Kier alpha value is -1.51. The van der Waals surface area contributed by atoms with E-state index in [2.05, 4.69) is 11.6 Å². The summed E-state index contributed by atoms with van der Waals surface area (Å²) in [5.41, 5.74) is -0.119. The molecule has 0 amide bonds. The SMILES string of the molecule is CC[NH+]1CCC[C@H]1CNS(=O)(=O)c1ccc([N+](=O)[O-])cc1. The number of hydrogen-bond acceptors (Lipinski definition) is 4. The summed E-state index contributed by atoms with van der Waals surface area (Å²) >= 11 is 0. The third-order valence-corrected chi connectivity index (χ3v) is 5.40. The van der Waals surface area contributed by atoms with Crippen LogP contribution in [-0.4, -0.2) is 39.0 Å². The highest BCUT2D eigenvalue weighted by atomic mass is 32.2. The lowest BCUT2D eigenvalue weighted by Crippen LogP contribution is -3.14. The van der Waals surface area contributed by atoms with Crippen molar-refractivity contribution in [3.63, 3.8) is 0 Å². The van der Waals surface area contributed by atoms with E-state index in [9.17, 15) is 18.5 Å². The molecule has 21 heavy (non-hydrogen) atoms. The number of likely N-dealkylation sites (tertiary alicyclic amines) is 1. The molecule has 1 unspecified atom stereocenters. The lowest BCUT2D eigenvalue weighted by molar-refractivity contribution is -0.909. The Labute approximate surface area is 124 Å². The minimum atomic E-state index is -3.61. The first-order valence-electron chi connectivity index (χ1n) is 7.02. The van der Waals surface area contributed by atoms with Crippen molar-refractivity contribution in [1.82, 2.24) is 4.72 Å². The molecule has 2 N–H and O–H groups in total. The van der Waals surface area contributed by atoms with Gasteiger partial charge in [0.05, 0.1) is 29.5 Å². The highest BCUT2D eigenvalue weighted by molar-refractivity contribution is 7.89. The number of rotatable bonds is 6. The van der Waals surface area contributed by atoms with Crippen LogP contribution in [0.2, 0.25) is 0 Å². The Balaban J connectivity index is 2.02. The Morgan fingerprint density at radius 1 is 1.38 bits per heavy atom. The summed E-state index contributed by atoms with van der Waals surface area (Å²) < 4.78 is 27.0. The fraction of sp³-hybridized carbons (Fsp3) is 0.538. The standard InChI is InChI=1S/C13H19N3O4S/c1-2-15-9-3-4-12(15)10-14-21(19,20)13-7-5-11(6-8-13)16(17)18/h5-8,12,14H,2-4,9-10H2,1H3/p+1/t12-/m0/s1. The molecule has 1 aromatic rings. The molecule has 116 valence electrons.